The molecule has 2 unspecified atom stereocenters. The van der Waals surface area contributed by atoms with Gasteiger partial charge in [0.2, 0.25) is 0 Å². The molecule has 1 nitrogen and oxygen atoms in total. The van der Waals surface area contributed by atoms with E-state index in [-0.39, 0.29) is 0 Å². The highest BCUT2D eigenvalue weighted by Gasteiger charge is 2.18. The number of nitrogens with one attached hydrogen (secondary N) is 1. The first-order valence-corrected chi connectivity index (χ1v) is 7.90. The SMILES string of the molecule is CCC(CSC)NC(C)CC1CCCC1. The van der Waals surface area contributed by atoms with Crippen molar-refractivity contribution in [2.45, 2.75) is 64.5 Å². The molecular weight excluding hydrogens is 202 g/mol. The van der Waals surface area contributed by atoms with E-state index in [4.69, 9.17) is 0 Å². The quantitative estimate of drug-likeness (QED) is 0.714. The van der Waals surface area contributed by atoms with E-state index in [9.17, 15) is 0 Å². The predicted octanol–water partition coefficient (Wildman–Crippen LogP) is 3.69. The Morgan fingerprint density at radius 2 is 2.00 bits per heavy atom. The van der Waals surface area contributed by atoms with E-state index in [1.165, 1.54) is 44.3 Å². The molecule has 0 radical (unpaired) electrons. The second kappa shape index (κ2) is 7.56. The lowest BCUT2D eigenvalue weighted by atomic mass is 9.99. The summed E-state index contributed by atoms with van der Waals surface area (Å²) < 4.78 is 0. The van der Waals surface area contributed by atoms with Gasteiger partial charge in [0.05, 0.1) is 0 Å². The Morgan fingerprint density at radius 3 is 2.53 bits per heavy atom. The first kappa shape index (κ1) is 13.4. The lowest BCUT2D eigenvalue weighted by Gasteiger charge is -2.23. The van der Waals surface area contributed by atoms with Gasteiger partial charge in [-0.3, -0.25) is 0 Å². The molecule has 0 saturated heterocycles. The first-order valence-electron chi connectivity index (χ1n) is 6.51. The van der Waals surface area contributed by atoms with Gasteiger partial charge in [-0.05, 0) is 31.9 Å². The standard InChI is InChI=1S/C13H27NS/c1-4-13(10-15-3)14-11(2)9-12-7-5-6-8-12/h11-14H,4-10H2,1-3H3. The maximum Gasteiger partial charge on any atom is 0.0157 e. The normalized spacial score (nSPS) is 21.8. The lowest BCUT2D eigenvalue weighted by molar-refractivity contribution is 0.374. The van der Waals surface area contributed by atoms with Crippen molar-refractivity contribution in [2.24, 2.45) is 5.92 Å². The van der Waals surface area contributed by atoms with Gasteiger partial charge in [-0.15, -0.1) is 0 Å². The molecule has 2 atom stereocenters. The summed E-state index contributed by atoms with van der Waals surface area (Å²) in [6.45, 7) is 4.65. The maximum absolute atomic E-state index is 3.77. The van der Waals surface area contributed by atoms with Crippen LogP contribution in [0.15, 0.2) is 0 Å². The van der Waals surface area contributed by atoms with Crippen molar-refractivity contribution in [3.05, 3.63) is 0 Å². The fraction of sp³-hybridized carbons (Fsp3) is 1.00. The van der Waals surface area contributed by atoms with Crippen LogP contribution in [-0.2, 0) is 0 Å². The van der Waals surface area contributed by atoms with Crippen molar-refractivity contribution in [2.75, 3.05) is 12.0 Å². The summed E-state index contributed by atoms with van der Waals surface area (Å²) in [7, 11) is 0. The van der Waals surface area contributed by atoms with Crippen molar-refractivity contribution in [1.29, 1.82) is 0 Å². The Morgan fingerprint density at radius 1 is 1.33 bits per heavy atom. The van der Waals surface area contributed by atoms with Crippen LogP contribution >= 0.6 is 11.8 Å². The highest BCUT2D eigenvalue weighted by atomic mass is 32.2. The molecule has 0 aliphatic heterocycles. The Hall–Kier alpha value is 0.310. The van der Waals surface area contributed by atoms with Gasteiger partial charge in [0.25, 0.3) is 0 Å². The van der Waals surface area contributed by atoms with E-state index >= 15 is 0 Å². The molecule has 15 heavy (non-hydrogen) atoms. The molecule has 0 heterocycles. The van der Waals surface area contributed by atoms with Gasteiger partial charge < -0.3 is 5.32 Å². The van der Waals surface area contributed by atoms with Crippen LogP contribution in [-0.4, -0.2) is 24.1 Å². The minimum atomic E-state index is 0.713. The van der Waals surface area contributed by atoms with Crippen LogP contribution in [0.25, 0.3) is 0 Å². The van der Waals surface area contributed by atoms with Gasteiger partial charge in [0.15, 0.2) is 0 Å². The van der Waals surface area contributed by atoms with Gasteiger partial charge in [-0.2, -0.15) is 11.8 Å². The number of hydrogen-bond donors (Lipinski definition) is 1. The summed E-state index contributed by atoms with van der Waals surface area (Å²) in [5, 5.41) is 3.77. The summed E-state index contributed by atoms with van der Waals surface area (Å²) in [5.74, 6) is 2.27. The average Bonchev–Trinajstić information content (AvgIpc) is 2.69. The Kier molecular flexibility index (Phi) is 6.74. The molecule has 0 aromatic carbocycles. The van der Waals surface area contributed by atoms with Gasteiger partial charge in [-0.25, -0.2) is 0 Å². The summed E-state index contributed by atoms with van der Waals surface area (Å²) in [4.78, 5) is 0. The van der Waals surface area contributed by atoms with Crippen LogP contribution in [0, 0.1) is 5.92 Å². The topological polar surface area (TPSA) is 12.0 Å². The molecule has 1 aliphatic carbocycles. The zero-order valence-corrected chi connectivity index (χ0v) is 11.4. The summed E-state index contributed by atoms with van der Waals surface area (Å²) in [6.07, 6.45) is 10.8. The molecule has 1 fully saturated rings. The van der Waals surface area contributed by atoms with E-state index in [2.05, 4.69) is 25.4 Å². The molecule has 0 spiro atoms. The van der Waals surface area contributed by atoms with Crippen molar-refractivity contribution < 1.29 is 0 Å². The molecule has 0 aromatic rings. The first-order chi connectivity index (χ1) is 7.26. The second-order valence-corrected chi connectivity index (χ2v) is 5.93. The second-order valence-electron chi connectivity index (χ2n) is 5.01. The molecular formula is C13H27NS. The van der Waals surface area contributed by atoms with E-state index < -0.39 is 0 Å². The minimum Gasteiger partial charge on any atom is -0.311 e. The van der Waals surface area contributed by atoms with Crippen molar-refractivity contribution >= 4 is 11.8 Å². The third-order valence-electron chi connectivity index (χ3n) is 3.54. The van der Waals surface area contributed by atoms with Gasteiger partial charge in [0.1, 0.15) is 0 Å². The zero-order chi connectivity index (χ0) is 11.1. The van der Waals surface area contributed by atoms with Crippen LogP contribution in [0.3, 0.4) is 0 Å². The third kappa shape index (κ3) is 5.26. The van der Waals surface area contributed by atoms with E-state index in [0.717, 1.165) is 12.0 Å². The van der Waals surface area contributed by atoms with Gasteiger partial charge in [-0.1, -0.05) is 32.6 Å². The molecule has 1 aliphatic rings. The summed E-state index contributed by atoms with van der Waals surface area (Å²) >= 11 is 1.96. The predicted molar refractivity (Wildman–Crippen MR) is 71.6 cm³/mol. The van der Waals surface area contributed by atoms with Gasteiger partial charge >= 0.3 is 0 Å². The number of rotatable bonds is 7. The maximum atomic E-state index is 3.77. The highest BCUT2D eigenvalue weighted by Crippen LogP contribution is 2.28. The molecule has 1 rings (SSSR count). The van der Waals surface area contributed by atoms with Gasteiger partial charge in [0, 0.05) is 17.8 Å². The van der Waals surface area contributed by atoms with E-state index in [1.807, 2.05) is 11.8 Å². The summed E-state index contributed by atoms with van der Waals surface area (Å²) in [6, 6.07) is 1.43. The smallest absolute Gasteiger partial charge is 0.0157 e. The molecule has 90 valence electrons. The van der Waals surface area contributed by atoms with Crippen LogP contribution in [0.2, 0.25) is 0 Å². The fourth-order valence-corrected chi connectivity index (χ4v) is 3.44. The highest BCUT2D eigenvalue weighted by molar-refractivity contribution is 7.98. The Labute approximate surface area is 99.8 Å². The fourth-order valence-electron chi connectivity index (χ4n) is 2.70. The summed E-state index contributed by atoms with van der Waals surface area (Å²) in [5.41, 5.74) is 0. The molecule has 0 aromatic heterocycles. The van der Waals surface area contributed by atoms with E-state index in [0.29, 0.717) is 6.04 Å². The Balaban J connectivity index is 2.17. The average molecular weight is 229 g/mol. The number of hydrogen-bond acceptors (Lipinski definition) is 2. The van der Waals surface area contributed by atoms with Crippen molar-refractivity contribution in [1.82, 2.24) is 5.32 Å². The van der Waals surface area contributed by atoms with Crippen LogP contribution < -0.4 is 5.32 Å². The minimum absolute atomic E-state index is 0.713. The Bertz CT molecular complexity index is 155. The molecule has 2 heteroatoms. The van der Waals surface area contributed by atoms with Crippen molar-refractivity contribution in [3.8, 4) is 0 Å². The zero-order valence-electron chi connectivity index (χ0n) is 10.6. The molecule has 0 amide bonds. The monoisotopic (exact) mass is 229 g/mol. The molecule has 1 saturated carbocycles. The molecule has 0 bridgehead atoms. The molecule has 1 N–H and O–H groups in total. The van der Waals surface area contributed by atoms with E-state index in [1.54, 1.807) is 0 Å². The van der Waals surface area contributed by atoms with Crippen LogP contribution in [0.1, 0.15) is 52.4 Å². The number of thioether (sulfide) groups is 1. The third-order valence-corrected chi connectivity index (χ3v) is 4.28. The van der Waals surface area contributed by atoms with Crippen molar-refractivity contribution in [3.63, 3.8) is 0 Å². The lowest BCUT2D eigenvalue weighted by Crippen LogP contribution is -2.38. The van der Waals surface area contributed by atoms with Crippen LogP contribution in [0.5, 0.6) is 0 Å². The van der Waals surface area contributed by atoms with Crippen LogP contribution in [0.4, 0.5) is 0 Å². The largest absolute Gasteiger partial charge is 0.311 e.